The molecule has 2 heterocycles. The number of hydrogen-bond donors (Lipinski definition) is 1. The summed E-state index contributed by atoms with van der Waals surface area (Å²) in [4.78, 5) is 0. The van der Waals surface area contributed by atoms with Crippen LogP contribution in [0.2, 0.25) is 0 Å². The van der Waals surface area contributed by atoms with Crippen molar-refractivity contribution in [2.45, 2.75) is 56.3 Å². The first-order valence-electron chi connectivity index (χ1n) is 5.23. The van der Waals surface area contributed by atoms with Crippen molar-refractivity contribution in [3.63, 3.8) is 0 Å². The van der Waals surface area contributed by atoms with Gasteiger partial charge in [0.25, 0.3) is 0 Å². The molecule has 5 heteroatoms. The van der Waals surface area contributed by atoms with Gasteiger partial charge in [-0.05, 0) is 13.8 Å². The Bertz CT molecular complexity index is 292. The molecule has 0 radical (unpaired) electrons. The van der Waals surface area contributed by atoms with E-state index < -0.39 is 23.8 Å². The fourth-order valence-electron chi connectivity index (χ4n) is 2.57. The highest BCUT2D eigenvalue weighted by molar-refractivity contribution is 5.19. The third-order valence-electron chi connectivity index (χ3n) is 3.36. The Labute approximate surface area is 88.3 Å². The highest BCUT2D eigenvalue weighted by atomic mass is 16.8. The predicted molar refractivity (Wildman–Crippen MR) is 49.1 cm³/mol. The molecule has 0 amide bonds. The van der Waals surface area contributed by atoms with Gasteiger partial charge in [-0.25, -0.2) is 0 Å². The van der Waals surface area contributed by atoms with Gasteiger partial charge in [-0.1, -0.05) is 0 Å². The predicted octanol–water partition coefficient (Wildman–Crippen LogP) is 0.0126. The lowest BCUT2D eigenvalue weighted by atomic mass is 10.1. The minimum atomic E-state index is -0.620. The molecule has 1 N–H and O–H groups in total. The SMILES string of the molecule is CO[C@@H]1O[C@]2(C[C@H]2O)C2OC(C)(C)O[C@@H]21. The molecule has 2 aliphatic heterocycles. The smallest absolute Gasteiger partial charge is 0.187 e. The van der Waals surface area contributed by atoms with E-state index in [2.05, 4.69) is 0 Å². The van der Waals surface area contributed by atoms with Crippen LogP contribution >= 0.6 is 0 Å². The molecule has 2 saturated heterocycles. The summed E-state index contributed by atoms with van der Waals surface area (Å²) in [6.45, 7) is 3.72. The van der Waals surface area contributed by atoms with Crippen LogP contribution in [-0.2, 0) is 18.9 Å². The van der Waals surface area contributed by atoms with Gasteiger partial charge < -0.3 is 24.1 Å². The van der Waals surface area contributed by atoms with E-state index >= 15 is 0 Å². The van der Waals surface area contributed by atoms with Gasteiger partial charge in [-0.15, -0.1) is 0 Å². The average Bonchev–Trinajstić information content (AvgIpc) is 2.53. The largest absolute Gasteiger partial charge is 0.390 e. The summed E-state index contributed by atoms with van der Waals surface area (Å²) in [5.74, 6) is -0.620. The molecule has 3 rings (SSSR count). The summed E-state index contributed by atoms with van der Waals surface area (Å²) in [6.07, 6.45) is -0.737. The number of fused-ring (bicyclic) bond motifs is 2. The molecular weight excluding hydrogens is 200 g/mol. The molecule has 86 valence electrons. The molecule has 0 aromatic heterocycles. The molecule has 0 aromatic rings. The quantitative estimate of drug-likeness (QED) is 0.669. The molecule has 3 aliphatic rings. The van der Waals surface area contributed by atoms with Gasteiger partial charge in [-0.2, -0.15) is 0 Å². The van der Waals surface area contributed by atoms with Gasteiger partial charge >= 0.3 is 0 Å². The van der Waals surface area contributed by atoms with Crippen LogP contribution in [-0.4, -0.2) is 48.2 Å². The number of hydrogen-bond acceptors (Lipinski definition) is 5. The fourth-order valence-corrected chi connectivity index (χ4v) is 2.57. The maximum absolute atomic E-state index is 9.63. The Balaban J connectivity index is 1.88. The first-order valence-corrected chi connectivity index (χ1v) is 5.23. The van der Waals surface area contributed by atoms with Crippen LogP contribution in [0.3, 0.4) is 0 Å². The third-order valence-corrected chi connectivity index (χ3v) is 3.36. The number of aliphatic hydroxyl groups excluding tert-OH is 1. The number of aliphatic hydroxyl groups is 1. The van der Waals surface area contributed by atoms with Crippen molar-refractivity contribution in [3.8, 4) is 0 Å². The standard InChI is InChI=1S/C10H16O5/c1-9(2)13-6-7(14-9)10(4-5(10)11)15-8(6)12-3/h5-8,11H,4H2,1-3H3/t5-,6+,7?,8-,10+/m1/s1. The minimum Gasteiger partial charge on any atom is -0.390 e. The van der Waals surface area contributed by atoms with Gasteiger partial charge in [0, 0.05) is 13.5 Å². The van der Waals surface area contributed by atoms with Crippen LogP contribution in [0.15, 0.2) is 0 Å². The number of ether oxygens (including phenoxy) is 4. The van der Waals surface area contributed by atoms with Crippen molar-refractivity contribution in [2.75, 3.05) is 7.11 Å². The highest BCUT2D eigenvalue weighted by Crippen LogP contribution is 2.56. The summed E-state index contributed by atoms with van der Waals surface area (Å²) in [5, 5.41) is 9.63. The van der Waals surface area contributed by atoms with E-state index in [9.17, 15) is 5.11 Å². The van der Waals surface area contributed by atoms with Crippen molar-refractivity contribution in [3.05, 3.63) is 0 Å². The normalized spacial score (nSPS) is 56.0. The third kappa shape index (κ3) is 1.21. The number of rotatable bonds is 1. The van der Waals surface area contributed by atoms with E-state index in [0.29, 0.717) is 6.42 Å². The van der Waals surface area contributed by atoms with Crippen LogP contribution < -0.4 is 0 Å². The van der Waals surface area contributed by atoms with Crippen LogP contribution in [0.5, 0.6) is 0 Å². The summed E-state index contributed by atoms with van der Waals surface area (Å²) in [7, 11) is 1.57. The zero-order valence-electron chi connectivity index (χ0n) is 9.10. The molecule has 1 aliphatic carbocycles. The summed E-state index contributed by atoms with van der Waals surface area (Å²) in [5.41, 5.74) is -0.584. The lowest BCUT2D eigenvalue weighted by Gasteiger charge is -2.23. The molecule has 1 unspecified atom stereocenters. The van der Waals surface area contributed by atoms with E-state index in [0.717, 1.165) is 0 Å². The van der Waals surface area contributed by atoms with Crippen molar-refractivity contribution in [2.24, 2.45) is 0 Å². The van der Waals surface area contributed by atoms with Crippen LogP contribution in [0.1, 0.15) is 20.3 Å². The lowest BCUT2D eigenvalue weighted by molar-refractivity contribution is -0.236. The Morgan fingerprint density at radius 2 is 1.93 bits per heavy atom. The van der Waals surface area contributed by atoms with Gasteiger partial charge in [0.15, 0.2) is 12.1 Å². The maximum atomic E-state index is 9.63. The number of methoxy groups -OCH3 is 1. The molecule has 1 saturated carbocycles. The summed E-state index contributed by atoms with van der Waals surface area (Å²) in [6, 6.07) is 0. The average molecular weight is 216 g/mol. The van der Waals surface area contributed by atoms with E-state index in [1.165, 1.54) is 0 Å². The van der Waals surface area contributed by atoms with Crippen LogP contribution in [0, 0.1) is 0 Å². The first kappa shape index (κ1) is 9.99. The van der Waals surface area contributed by atoms with E-state index in [-0.39, 0.29) is 12.2 Å². The molecule has 5 atom stereocenters. The van der Waals surface area contributed by atoms with E-state index in [1.807, 2.05) is 13.8 Å². The van der Waals surface area contributed by atoms with Gasteiger partial charge in [0.05, 0.1) is 6.10 Å². The Morgan fingerprint density at radius 1 is 1.27 bits per heavy atom. The zero-order valence-corrected chi connectivity index (χ0v) is 9.10. The minimum absolute atomic E-state index is 0.215. The molecule has 0 bridgehead atoms. The van der Waals surface area contributed by atoms with Gasteiger partial charge in [-0.3, -0.25) is 0 Å². The maximum Gasteiger partial charge on any atom is 0.187 e. The van der Waals surface area contributed by atoms with Crippen LogP contribution in [0.25, 0.3) is 0 Å². The van der Waals surface area contributed by atoms with Gasteiger partial charge in [0.2, 0.25) is 0 Å². The second kappa shape index (κ2) is 2.73. The molecule has 5 nitrogen and oxygen atoms in total. The van der Waals surface area contributed by atoms with E-state index in [4.69, 9.17) is 18.9 Å². The second-order valence-corrected chi connectivity index (χ2v) is 4.92. The van der Waals surface area contributed by atoms with Crippen molar-refractivity contribution in [1.82, 2.24) is 0 Å². The fraction of sp³-hybridized carbons (Fsp3) is 1.00. The monoisotopic (exact) mass is 216 g/mol. The van der Waals surface area contributed by atoms with Crippen molar-refractivity contribution >= 4 is 0 Å². The molecule has 3 fully saturated rings. The van der Waals surface area contributed by atoms with E-state index in [1.54, 1.807) is 7.11 Å². The Hall–Kier alpha value is -0.200. The first-order chi connectivity index (χ1) is 6.98. The lowest BCUT2D eigenvalue weighted by Crippen LogP contribution is -2.34. The molecule has 0 aromatic carbocycles. The van der Waals surface area contributed by atoms with Crippen LogP contribution in [0.4, 0.5) is 0 Å². The summed E-state index contributed by atoms with van der Waals surface area (Å²) >= 11 is 0. The van der Waals surface area contributed by atoms with Crippen molar-refractivity contribution in [1.29, 1.82) is 0 Å². The Kier molecular flexibility index (Phi) is 1.81. The highest BCUT2D eigenvalue weighted by Gasteiger charge is 2.73. The zero-order chi connectivity index (χ0) is 10.8. The molecule has 1 spiro atoms. The molecule has 15 heavy (non-hydrogen) atoms. The second-order valence-electron chi connectivity index (χ2n) is 4.92. The van der Waals surface area contributed by atoms with Gasteiger partial charge in [0.1, 0.15) is 17.8 Å². The Morgan fingerprint density at radius 3 is 2.47 bits per heavy atom. The topological polar surface area (TPSA) is 57.2 Å². The summed E-state index contributed by atoms with van der Waals surface area (Å²) < 4.78 is 22.3. The molecular formula is C10H16O5. The van der Waals surface area contributed by atoms with Crippen molar-refractivity contribution < 1.29 is 24.1 Å².